The molecule has 0 spiro atoms. The number of halogens is 6. The number of fused-ring (bicyclic) bond motifs is 1. The Kier molecular flexibility index (Phi) is 5.39. The van der Waals surface area contributed by atoms with Crippen molar-refractivity contribution in [3.8, 4) is 0 Å². The smallest absolute Gasteiger partial charge is 0.374 e. The van der Waals surface area contributed by atoms with Crippen molar-refractivity contribution in [3.05, 3.63) is 54.7 Å². The Balaban J connectivity index is 1.79. The molecule has 3 nitrogen and oxygen atoms in total. The van der Waals surface area contributed by atoms with Gasteiger partial charge >= 0.3 is 6.18 Å². The minimum absolute atomic E-state index is 0.0664. The van der Waals surface area contributed by atoms with Gasteiger partial charge in [0.15, 0.2) is 0 Å². The molecule has 29 heavy (non-hydrogen) atoms. The van der Waals surface area contributed by atoms with Gasteiger partial charge in [0.1, 0.15) is 5.71 Å². The number of hydrogen-bond acceptors (Lipinski definition) is 4. The highest BCUT2D eigenvalue weighted by molar-refractivity contribution is 7.18. The number of carbonyl (C=O) groups is 1. The maximum atomic E-state index is 14.2. The minimum atomic E-state index is -4.77. The summed E-state index contributed by atoms with van der Waals surface area (Å²) in [6, 6.07) is 3.70. The van der Waals surface area contributed by atoms with Gasteiger partial charge in [-0.3, -0.25) is 4.79 Å². The van der Waals surface area contributed by atoms with E-state index in [1.54, 1.807) is 0 Å². The lowest BCUT2D eigenvalue weighted by molar-refractivity contribution is -0.275. The quantitative estimate of drug-likeness (QED) is 0.447. The molecule has 10 heteroatoms. The van der Waals surface area contributed by atoms with Crippen molar-refractivity contribution in [3.63, 3.8) is 0 Å². The second-order valence-corrected chi connectivity index (χ2v) is 9.22. The average Bonchev–Trinajstić information content (AvgIpc) is 3.23. The number of benzene rings is 1. The summed E-state index contributed by atoms with van der Waals surface area (Å²) in [4.78, 5) is 17.8. The van der Waals surface area contributed by atoms with Gasteiger partial charge in [0, 0.05) is 15.6 Å². The maximum absolute atomic E-state index is 14.2. The third kappa shape index (κ3) is 3.56. The molecule has 0 amide bonds. The zero-order valence-corrected chi connectivity index (χ0v) is 17.8. The predicted octanol–water partition coefficient (Wildman–Crippen LogP) is 6.89. The highest BCUT2D eigenvalue weighted by Crippen LogP contribution is 2.51. The normalized spacial score (nSPS) is 21.5. The number of oxime groups is 1. The topological polar surface area (TPSA) is 38.7 Å². The lowest BCUT2D eigenvalue weighted by atomic mass is 9.85. The molecule has 0 N–H and O–H groups in total. The maximum Gasteiger partial charge on any atom is 0.435 e. The molecule has 2 aliphatic rings. The molecule has 0 saturated carbocycles. The Morgan fingerprint density at radius 2 is 1.72 bits per heavy atom. The molecule has 1 aliphatic carbocycles. The third-order valence-corrected chi connectivity index (χ3v) is 7.24. The van der Waals surface area contributed by atoms with E-state index in [1.807, 2.05) is 0 Å². The molecule has 1 aromatic heterocycles. The summed E-state index contributed by atoms with van der Waals surface area (Å²) in [6.45, 7) is 0. The van der Waals surface area contributed by atoms with Crippen LogP contribution in [0.15, 0.2) is 23.4 Å². The van der Waals surface area contributed by atoms with Crippen LogP contribution in [0.4, 0.5) is 13.2 Å². The number of thiophene rings is 1. The van der Waals surface area contributed by atoms with Gasteiger partial charge in [-0.25, -0.2) is 0 Å². The van der Waals surface area contributed by atoms with Crippen LogP contribution in [0.5, 0.6) is 0 Å². The van der Waals surface area contributed by atoms with E-state index in [0.717, 1.165) is 35.3 Å². The van der Waals surface area contributed by atoms with Crippen molar-refractivity contribution >= 4 is 57.1 Å². The van der Waals surface area contributed by atoms with Crippen LogP contribution in [0.3, 0.4) is 0 Å². The van der Waals surface area contributed by atoms with Crippen molar-refractivity contribution in [2.45, 2.75) is 43.9 Å². The van der Waals surface area contributed by atoms with Crippen LogP contribution >= 0.6 is 46.1 Å². The molecular weight excluding hydrogens is 470 g/mol. The van der Waals surface area contributed by atoms with Gasteiger partial charge in [-0.15, -0.1) is 11.3 Å². The van der Waals surface area contributed by atoms with Crippen LogP contribution in [0.25, 0.3) is 0 Å². The predicted molar refractivity (Wildman–Crippen MR) is 108 cm³/mol. The van der Waals surface area contributed by atoms with Gasteiger partial charge in [-0.1, -0.05) is 28.4 Å². The van der Waals surface area contributed by atoms with Crippen molar-refractivity contribution in [2.75, 3.05) is 0 Å². The van der Waals surface area contributed by atoms with Crippen LogP contribution in [0.2, 0.25) is 10.0 Å². The minimum Gasteiger partial charge on any atom is -0.374 e. The van der Waals surface area contributed by atoms with Crippen LogP contribution in [0.1, 0.15) is 50.5 Å². The number of carbonyl (C=O) groups excluding carboxylic acids is 1. The second-order valence-electron chi connectivity index (χ2n) is 6.99. The summed E-state index contributed by atoms with van der Waals surface area (Å²) in [5.41, 5.74) is -1.12. The van der Waals surface area contributed by atoms with Crippen molar-refractivity contribution in [1.82, 2.24) is 0 Å². The van der Waals surface area contributed by atoms with Crippen LogP contribution in [0, 0.1) is 0 Å². The van der Waals surface area contributed by atoms with E-state index in [-0.39, 0.29) is 21.3 Å². The molecule has 0 radical (unpaired) electrons. The van der Waals surface area contributed by atoms with Gasteiger partial charge < -0.3 is 4.84 Å². The molecule has 4 rings (SSSR count). The number of hydrogen-bond donors (Lipinski definition) is 0. The van der Waals surface area contributed by atoms with Gasteiger partial charge in [-0.2, -0.15) is 13.2 Å². The fourth-order valence-corrected chi connectivity index (χ4v) is 5.80. The Morgan fingerprint density at radius 3 is 2.31 bits per heavy atom. The van der Waals surface area contributed by atoms with Gasteiger partial charge in [0.25, 0.3) is 10.8 Å². The zero-order chi connectivity index (χ0) is 21.0. The summed E-state index contributed by atoms with van der Waals surface area (Å²) >= 11 is 18.7. The number of nitrogens with zero attached hydrogens (tertiary/aromatic N) is 1. The molecule has 0 saturated heterocycles. The van der Waals surface area contributed by atoms with E-state index in [4.69, 9.17) is 39.6 Å². The van der Waals surface area contributed by atoms with E-state index >= 15 is 0 Å². The average molecular weight is 483 g/mol. The lowest BCUT2D eigenvalue weighted by Crippen LogP contribution is -2.42. The molecule has 1 atom stereocenters. The second kappa shape index (κ2) is 7.45. The van der Waals surface area contributed by atoms with E-state index in [2.05, 4.69) is 5.16 Å². The molecule has 1 aliphatic heterocycles. The first-order valence-electron chi connectivity index (χ1n) is 8.75. The summed E-state index contributed by atoms with van der Waals surface area (Å²) < 4.78 is 42.5. The Hall–Kier alpha value is -1.28. The monoisotopic (exact) mass is 481 g/mol. The first-order chi connectivity index (χ1) is 13.6. The summed E-state index contributed by atoms with van der Waals surface area (Å²) in [5.74, 6) is 0. The largest absolute Gasteiger partial charge is 0.435 e. The highest BCUT2D eigenvalue weighted by Gasteiger charge is 2.62. The standard InChI is InChI=1S/C19H13Cl3F3NO2S/c20-10-5-9(6-11(21)7-10)18(19(23,24)25)8-14(26-28-18)15-12-3-1-2-4-13(12)16(29-15)17(22)27/h5-7H,1-4,8H2. The van der Waals surface area contributed by atoms with Crippen LogP contribution in [-0.2, 0) is 23.3 Å². The van der Waals surface area contributed by atoms with Crippen molar-refractivity contribution in [1.29, 1.82) is 0 Å². The van der Waals surface area contributed by atoms with Crippen molar-refractivity contribution in [2.24, 2.45) is 5.16 Å². The van der Waals surface area contributed by atoms with Crippen LogP contribution in [-0.4, -0.2) is 17.1 Å². The Bertz CT molecular complexity index is 1010. The molecule has 1 aromatic carbocycles. The van der Waals surface area contributed by atoms with Gasteiger partial charge in [-0.05, 0) is 66.6 Å². The molecule has 2 aromatic rings. The van der Waals surface area contributed by atoms with E-state index in [9.17, 15) is 18.0 Å². The summed E-state index contributed by atoms with van der Waals surface area (Å²) in [5, 5.41) is 3.33. The molecule has 2 heterocycles. The molecular formula is C19H13Cl3F3NO2S. The number of alkyl halides is 3. The first kappa shape index (κ1) is 21.0. The zero-order valence-electron chi connectivity index (χ0n) is 14.7. The van der Waals surface area contributed by atoms with Crippen molar-refractivity contribution < 1.29 is 22.8 Å². The van der Waals surface area contributed by atoms with Gasteiger partial charge in [0.2, 0.25) is 0 Å². The van der Waals surface area contributed by atoms with Gasteiger partial charge in [0.05, 0.1) is 16.2 Å². The van der Waals surface area contributed by atoms with Crippen LogP contribution < -0.4 is 0 Å². The Morgan fingerprint density at radius 1 is 1.10 bits per heavy atom. The molecule has 0 bridgehead atoms. The lowest BCUT2D eigenvalue weighted by Gasteiger charge is -2.29. The molecule has 154 valence electrons. The molecule has 0 fully saturated rings. The fraction of sp³-hybridized carbons (Fsp3) is 0.368. The van der Waals surface area contributed by atoms with E-state index in [0.29, 0.717) is 22.6 Å². The molecule has 1 unspecified atom stereocenters. The number of rotatable bonds is 3. The fourth-order valence-electron chi connectivity index (χ4n) is 3.84. The summed E-state index contributed by atoms with van der Waals surface area (Å²) in [7, 11) is 0. The van der Waals surface area contributed by atoms with E-state index in [1.165, 1.54) is 18.2 Å². The van der Waals surface area contributed by atoms with E-state index < -0.39 is 23.4 Å². The third-order valence-electron chi connectivity index (χ3n) is 5.18. The first-order valence-corrected chi connectivity index (χ1v) is 10.7. The Labute approximate surface area is 183 Å². The highest BCUT2D eigenvalue weighted by atomic mass is 35.5. The summed E-state index contributed by atoms with van der Waals surface area (Å²) in [6.07, 6.45) is -2.20. The SMILES string of the molecule is O=C(Cl)c1sc(C2=NOC(c3cc(Cl)cc(Cl)c3)(C(F)(F)F)C2)c2c1CCCC2.